The van der Waals surface area contributed by atoms with E-state index in [4.69, 9.17) is 0 Å². The molecule has 2 aromatic rings. The van der Waals surface area contributed by atoms with Gasteiger partial charge in [-0.15, -0.1) is 11.3 Å². The fraction of sp³-hybridized carbons (Fsp3) is 0.400. The SMILES string of the molecule is O=C(NC1CCCCC1)c1cccc(-c2cncs2)n1. The fourth-order valence-electron chi connectivity index (χ4n) is 2.55. The lowest BCUT2D eigenvalue weighted by atomic mass is 9.95. The van der Waals surface area contributed by atoms with Gasteiger partial charge in [0.1, 0.15) is 5.69 Å². The van der Waals surface area contributed by atoms with Crippen LogP contribution in [0, 0.1) is 0 Å². The summed E-state index contributed by atoms with van der Waals surface area (Å²) in [5.41, 5.74) is 3.07. The van der Waals surface area contributed by atoms with Crippen molar-refractivity contribution in [2.24, 2.45) is 0 Å². The molecule has 0 bridgehead atoms. The van der Waals surface area contributed by atoms with Crippen molar-refractivity contribution in [3.63, 3.8) is 0 Å². The molecule has 2 heterocycles. The molecule has 0 aromatic carbocycles. The number of nitrogens with one attached hydrogen (secondary N) is 1. The predicted octanol–water partition coefficient (Wildman–Crippen LogP) is 3.27. The van der Waals surface area contributed by atoms with Gasteiger partial charge in [0.05, 0.1) is 16.1 Å². The predicted molar refractivity (Wildman–Crippen MR) is 79.7 cm³/mol. The number of carbonyl (C=O) groups is 1. The van der Waals surface area contributed by atoms with Crippen LogP contribution in [0.1, 0.15) is 42.6 Å². The third-order valence-electron chi connectivity index (χ3n) is 3.61. The molecule has 1 N–H and O–H groups in total. The van der Waals surface area contributed by atoms with E-state index >= 15 is 0 Å². The fourth-order valence-corrected chi connectivity index (χ4v) is 3.14. The largest absolute Gasteiger partial charge is 0.348 e. The van der Waals surface area contributed by atoms with Crippen LogP contribution >= 0.6 is 11.3 Å². The molecule has 0 saturated heterocycles. The maximum absolute atomic E-state index is 12.2. The van der Waals surface area contributed by atoms with E-state index in [1.165, 1.54) is 30.6 Å². The summed E-state index contributed by atoms with van der Waals surface area (Å²) in [5, 5.41) is 3.09. The molecule has 20 heavy (non-hydrogen) atoms. The molecule has 1 saturated carbocycles. The Morgan fingerprint density at radius 3 is 2.85 bits per heavy atom. The van der Waals surface area contributed by atoms with Crippen LogP contribution < -0.4 is 5.32 Å². The minimum atomic E-state index is -0.0664. The third kappa shape index (κ3) is 3.04. The van der Waals surface area contributed by atoms with Crippen LogP contribution in [0.25, 0.3) is 10.6 Å². The molecule has 0 spiro atoms. The summed E-state index contributed by atoms with van der Waals surface area (Å²) in [4.78, 5) is 21.7. The zero-order chi connectivity index (χ0) is 13.8. The van der Waals surface area contributed by atoms with E-state index < -0.39 is 0 Å². The van der Waals surface area contributed by atoms with Crippen molar-refractivity contribution < 1.29 is 4.79 Å². The molecular formula is C15H17N3OS. The van der Waals surface area contributed by atoms with Crippen molar-refractivity contribution in [3.05, 3.63) is 35.6 Å². The van der Waals surface area contributed by atoms with Gasteiger partial charge in [0.25, 0.3) is 5.91 Å². The van der Waals surface area contributed by atoms with Gasteiger partial charge in [-0.05, 0) is 25.0 Å². The molecule has 0 aliphatic heterocycles. The van der Waals surface area contributed by atoms with E-state index in [-0.39, 0.29) is 5.91 Å². The highest BCUT2D eigenvalue weighted by Crippen LogP contribution is 2.21. The summed E-state index contributed by atoms with van der Waals surface area (Å²) < 4.78 is 0. The Kier molecular flexibility index (Phi) is 4.06. The van der Waals surface area contributed by atoms with E-state index in [9.17, 15) is 4.79 Å². The number of rotatable bonds is 3. The number of pyridine rings is 1. The number of aromatic nitrogens is 2. The van der Waals surface area contributed by atoms with Crippen molar-refractivity contribution in [3.8, 4) is 10.6 Å². The Morgan fingerprint density at radius 2 is 2.10 bits per heavy atom. The van der Waals surface area contributed by atoms with Crippen LogP contribution in [0.5, 0.6) is 0 Å². The molecule has 2 aromatic heterocycles. The average molecular weight is 287 g/mol. The Labute approximate surface area is 122 Å². The molecule has 0 radical (unpaired) electrons. The Morgan fingerprint density at radius 1 is 1.25 bits per heavy atom. The first-order valence-corrected chi connectivity index (χ1v) is 7.88. The second-order valence-corrected chi connectivity index (χ2v) is 5.97. The van der Waals surface area contributed by atoms with Crippen molar-refractivity contribution in [1.29, 1.82) is 0 Å². The molecule has 0 atom stereocenters. The minimum Gasteiger partial charge on any atom is -0.348 e. The molecule has 1 fully saturated rings. The topological polar surface area (TPSA) is 54.9 Å². The van der Waals surface area contributed by atoms with Gasteiger partial charge in [0.15, 0.2) is 0 Å². The lowest BCUT2D eigenvalue weighted by Gasteiger charge is -2.22. The molecule has 1 amide bonds. The highest BCUT2D eigenvalue weighted by Gasteiger charge is 2.17. The van der Waals surface area contributed by atoms with E-state index in [0.29, 0.717) is 11.7 Å². The van der Waals surface area contributed by atoms with E-state index in [1.807, 2.05) is 12.1 Å². The van der Waals surface area contributed by atoms with Gasteiger partial charge in [-0.1, -0.05) is 25.3 Å². The minimum absolute atomic E-state index is 0.0664. The number of carbonyl (C=O) groups excluding carboxylic acids is 1. The molecule has 1 aliphatic rings. The van der Waals surface area contributed by atoms with Gasteiger partial charge in [0, 0.05) is 12.2 Å². The first-order valence-electron chi connectivity index (χ1n) is 7.00. The molecule has 5 heteroatoms. The van der Waals surface area contributed by atoms with E-state index in [2.05, 4.69) is 15.3 Å². The average Bonchev–Trinajstić information content (AvgIpc) is 3.03. The maximum atomic E-state index is 12.2. The van der Waals surface area contributed by atoms with E-state index in [0.717, 1.165) is 23.4 Å². The lowest BCUT2D eigenvalue weighted by Crippen LogP contribution is -2.36. The van der Waals surface area contributed by atoms with Crippen LogP contribution in [0.2, 0.25) is 0 Å². The number of hydrogen-bond donors (Lipinski definition) is 1. The van der Waals surface area contributed by atoms with Gasteiger partial charge in [-0.25, -0.2) is 4.98 Å². The Bertz CT molecular complexity index is 577. The molecule has 3 rings (SSSR count). The molecule has 1 aliphatic carbocycles. The van der Waals surface area contributed by atoms with Crippen molar-refractivity contribution in [2.45, 2.75) is 38.1 Å². The summed E-state index contributed by atoms with van der Waals surface area (Å²) >= 11 is 1.53. The lowest BCUT2D eigenvalue weighted by molar-refractivity contribution is 0.0923. The second kappa shape index (κ2) is 6.13. The first-order chi connectivity index (χ1) is 9.83. The van der Waals surface area contributed by atoms with Gasteiger partial charge in [0.2, 0.25) is 0 Å². The highest BCUT2D eigenvalue weighted by molar-refractivity contribution is 7.13. The Balaban J connectivity index is 1.73. The van der Waals surface area contributed by atoms with Crippen molar-refractivity contribution in [1.82, 2.24) is 15.3 Å². The van der Waals surface area contributed by atoms with Crippen LogP contribution in [0.4, 0.5) is 0 Å². The molecule has 0 unspecified atom stereocenters. The molecule has 104 valence electrons. The standard InChI is InChI=1S/C15H17N3OS/c19-15(17-11-5-2-1-3-6-11)13-8-4-7-12(18-13)14-9-16-10-20-14/h4,7-11H,1-3,5-6H2,(H,17,19). The van der Waals surface area contributed by atoms with Crippen molar-refractivity contribution in [2.75, 3.05) is 0 Å². The Hall–Kier alpha value is -1.75. The normalized spacial score (nSPS) is 16.0. The van der Waals surface area contributed by atoms with Crippen LogP contribution in [-0.2, 0) is 0 Å². The van der Waals surface area contributed by atoms with E-state index in [1.54, 1.807) is 17.8 Å². The quantitative estimate of drug-likeness (QED) is 0.942. The van der Waals surface area contributed by atoms with Crippen LogP contribution in [-0.4, -0.2) is 21.9 Å². The van der Waals surface area contributed by atoms with Gasteiger partial charge in [-0.2, -0.15) is 0 Å². The highest BCUT2D eigenvalue weighted by atomic mass is 32.1. The third-order valence-corrected chi connectivity index (χ3v) is 4.40. The second-order valence-electron chi connectivity index (χ2n) is 5.08. The number of nitrogens with zero attached hydrogens (tertiary/aromatic N) is 2. The summed E-state index contributed by atoms with van der Waals surface area (Å²) in [5.74, 6) is -0.0664. The zero-order valence-corrected chi connectivity index (χ0v) is 12.0. The monoisotopic (exact) mass is 287 g/mol. The summed E-state index contributed by atoms with van der Waals surface area (Å²) in [6.45, 7) is 0. The van der Waals surface area contributed by atoms with Gasteiger partial charge in [-0.3, -0.25) is 9.78 Å². The summed E-state index contributed by atoms with van der Waals surface area (Å²) in [6, 6.07) is 5.86. The van der Waals surface area contributed by atoms with Crippen molar-refractivity contribution >= 4 is 17.2 Å². The summed E-state index contributed by atoms with van der Waals surface area (Å²) in [6.07, 6.45) is 7.64. The van der Waals surface area contributed by atoms with Crippen LogP contribution in [0.15, 0.2) is 29.9 Å². The number of amides is 1. The zero-order valence-electron chi connectivity index (χ0n) is 11.2. The number of thiazole rings is 1. The molecule has 4 nitrogen and oxygen atoms in total. The first kappa shape index (κ1) is 13.2. The molecular weight excluding hydrogens is 270 g/mol. The maximum Gasteiger partial charge on any atom is 0.270 e. The smallest absolute Gasteiger partial charge is 0.270 e. The van der Waals surface area contributed by atoms with Crippen LogP contribution in [0.3, 0.4) is 0 Å². The van der Waals surface area contributed by atoms with Gasteiger partial charge >= 0.3 is 0 Å². The summed E-state index contributed by atoms with van der Waals surface area (Å²) in [7, 11) is 0. The van der Waals surface area contributed by atoms with Gasteiger partial charge < -0.3 is 5.32 Å². The number of hydrogen-bond acceptors (Lipinski definition) is 4.